The smallest absolute Gasteiger partial charge is 0.325 e. The largest absolute Gasteiger partial charge is 0.486 e. The van der Waals surface area contributed by atoms with Gasteiger partial charge < -0.3 is 10.1 Å². The number of hydrogen-bond acceptors (Lipinski definition) is 5. The van der Waals surface area contributed by atoms with Crippen LogP contribution in [0.4, 0.5) is 15.6 Å². The Balaban J connectivity index is 1.55. The number of nitrogens with one attached hydrogen (secondary N) is 2. The van der Waals surface area contributed by atoms with E-state index in [2.05, 4.69) is 27.8 Å². The van der Waals surface area contributed by atoms with Crippen molar-refractivity contribution in [3.05, 3.63) is 64.2 Å². The number of carbonyl (C=O) groups excluding carboxylic acids is 1. The average Bonchev–Trinajstić information content (AvgIpc) is 3.05. The number of carbonyl (C=O) groups is 1. The molecule has 2 amide bonds. The van der Waals surface area contributed by atoms with Gasteiger partial charge in [-0.05, 0) is 55.7 Å². The molecule has 0 saturated heterocycles. The highest BCUT2D eigenvalue weighted by Gasteiger charge is 2.10. The molecule has 2 N–H and O–H groups in total. The third-order valence-electron chi connectivity index (χ3n) is 3.92. The minimum absolute atomic E-state index is 0.307. The van der Waals surface area contributed by atoms with Crippen LogP contribution in [0.5, 0.6) is 5.75 Å². The molecule has 0 fully saturated rings. The van der Waals surface area contributed by atoms with Crippen LogP contribution in [0.15, 0.2) is 42.5 Å². The Bertz CT molecular complexity index is 923. The first-order valence-electron chi connectivity index (χ1n) is 8.17. The number of para-hydroxylation sites is 1. The van der Waals surface area contributed by atoms with Gasteiger partial charge in [0.1, 0.15) is 12.4 Å². The summed E-state index contributed by atoms with van der Waals surface area (Å²) >= 11 is 1.28. The summed E-state index contributed by atoms with van der Waals surface area (Å²) in [6.45, 7) is 6.34. The molecule has 3 aromatic rings. The van der Waals surface area contributed by atoms with E-state index in [4.69, 9.17) is 4.74 Å². The van der Waals surface area contributed by atoms with E-state index in [-0.39, 0.29) is 6.03 Å². The first-order valence-corrected chi connectivity index (χ1v) is 8.99. The first kappa shape index (κ1) is 17.9. The number of urea groups is 1. The Kier molecular flexibility index (Phi) is 5.48. The molecule has 0 radical (unpaired) electrons. The normalized spacial score (nSPS) is 10.4. The molecule has 26 heavy (non-hydrogen) atoms. The molecule has 0 saturated carbocycles. The third-order valence-corrected chi connectivity index (χ3v) is 4.73. The van der Waals surface area contributed by atoms with Crippen molar-refractivity contribution in [1.29, 1.82) is 0 Å². The lowest BCUT2D eigenvalue weighted by atomic mass is 10.1. The first-order chi connectivity index (χ1) is 12.5. The molecular formula is C19H20N4O2S. The van der Waals surface area contributed by atoms with Crippen LogP contribution >= 0.6 is 11.3 Å². The van der Waals surface area contributed by atoms with Gasteiger partial charge in [0.25, 0.3) is 0 Å². The van der Waals surface area contributed by atoms with Crippen molar-refractivity contribution in [3.8, 4) is 5.75 Å². The summed E-state index contributed by atoms with van der Waals surface area (Å²) in [7, 11) is 0. The summed E-state index contributed by atoms with van der Waals surface area (Å²) in [6, 6.07) is 13.2. The van der Waals surface area contributed by atoms with Crippen LogP contribution < -0.4 is 15.4 Å². The Morgan fingerprint density at radius 2 is 1.81 bits per heavy atom. The number of anilines is 2. The van der Waals surface area contributed by atoms with Gasteiger partial charge in [-0.2, -0.15) is 0 Å². The molecule has 2 aromatic carbocycles. The molecule has 0 aliphatic heterocycles. The van der Waals surface area contributed by atoms with Crippen LogP contribution in [0.1, 0.15) is 21.7 Å². The Morgan fingerprint density at radius 3 is 2.58 bits per heavy atom. The van der Waals surface area contributed by atoms with Gasteiger partial charge in [-0.1, -0.05) is 35.6 Å². The number of aromatic nitrogens is 2. The summed E-state index contributed by atoms with van der Waals surface area (Å²) in [6.07, 6.45) is 0. The van der Waals surface area contributed by atoms with Gasteiger partial charge >= 0.3 is 6.03 Å². The van der Waals surface area contributed by atoms with E-state index in [9.17, 15) is 4.79 Å². The lowest BCUT2D eigenvalue weighted by molar-refractivity contribution is 0.262. The van der Waals surface area contributed by atoms with Gasteiger partial charge in [0, 0.05) is 5.69 Å². The van der Waals surface area contributed by atoms with Crippen LogP contribution in [0.2, 0.25) is 0 Å². The lowest BCUT2D eigenvalue weighted by Crippen LogP contribution is -2.19. The number of aryl methyl sites for hydroxylation is 3. The summed E-state index contributed by atoms with van der Waals surface area (Å²) in [5, 5.41) is 14.6. The molecule has 3 rings (SSSR count). The molecule has 134 valence electrons. The van der Waals surface area contributed by atoms with Gasteiger partial charge in [0.05, 0.1) is 0 Å². The van der Waals surface area contributed by atoms with Gasteiger partial charge in [-0.3, -0.25) is 5.32 Å². The zero-order valence-corrected chi connectivity index (χ0v) is 15.7. The molecule has 0 spiro atoms. The second-order valence-electron chi connectivity index (χ2n) is 5.93. The summed E-state index contributed by atoms with van der Waals surface area (Å²) in [5.41, 5.74) is 4.14. The predicted octanol–water partition coefficient (Wildman–Crippen LogP) is 4.69. The fraction of sp³-hybridized carbons (Fsp3) is 0.211. The molecule has 0 bridgehead atoms. The maximum atomic E-state index is 12.1. The standard InChI is InChI=1S/C19H20N4O2S/c1-12-8-9-15(10-14(12)3)25-11-17-22-23-19(26-17)21-18(24)20-16-7-5-4-6-13(16)2/h4-10H,11H2,1-3H3,(H2,20,21,23,24). The number of rotatable bonds is 5. The monoisotopic (exact) mass is 368 g/mol. The van der Waals surface area contributed by atoms with Crippen LogP contribution in [0, 0.1) is 20.8 Å². The molecule has 1 aromatic heterocycles. The number of ether oxygens (including phenoxy) is 1. The zero-order valence-electron chi connectivity index (χ0n) is 14.9. The zero-order chi connectivity index (χ0) is 18.5. The minimum Gasteiger partial charge on any atom is -0.486 e. The Labute approximate surface area is 156 Å². The molecule has 0 unspecified atom stereocenters. The molecule has 0 aliphatic rings. The molecule has 0 atom stereocenters. The van der Waals surface area contributed by atoms with E-state index in [1.807, 2.05) is 56.3 Å². The lowest BCUT2D eigenvalue weighted by Gasteiger charge is -2.07. The van der Waals surface area contributed by atoms with Crippen molar-refractivity contribution in [1.82, 2.24) is 10.2 Å². The van der Waals surface area contributed by atoms with Crippen LogP contribution in [0.3, 0.4) is 0 Å². The fourth-order valence-corrected chi connectivity index (χ4v) is 2.92. The van der Waals surface area contributed by atoms with Gasteiger partial charge in [-0.25, -0.2) is 4.79 Å². The van der Waals surface area contributed by atoms with E-state index in [1.165, 1.54) is 22.5 Å². The van der Waals surface area contributed by atoms with Crippen molar-refractivity contribution in [3.63, 3.8) is 0 Å². The van der Waals surface area contributed by atoms with Crippen molar-refractivity contribution >= 4 is 28.2 Å². The van der Waals surface area contributed by atoms with Crippen LogP contribution in [0.25, 0.3) is 0 Å². The molecule has 7 heteroatoms. The highest BCUT2D eigenvalue weighted by atomic mass is 32.1. The summed E-state index contributed by atoms with van der Waals surface area (Å²) < 4.78 is 5.74. The highest BCUT2D eigenvalue weighted by Crippen LogP contribution is 2.21. The van der Waals surface area contributed by atoms with E-state index >= 15 is 0 Å². The maximum Gasteiger partial charge on any atom is 0.325 e. The number of benzene rings is 2. The quantitative estimate of drug-likeness (QED) is 0.685. The molecule has 0 aliphatic carbocycles. The maximum absolute atomic E-state index is 12.1. The van der Waals surface area contributed by atoms with Crippen molar-refractivity contribution in [2.24, 2.45) is 0 Å². The van der Waals surface area contributed by atoms with Crippen molar-refractivity contribution in [2.45, 2.75) is 27.4 Å². The minimum atomic E-state index is -0.350. The topological polar surface area (TPSA) is 76.1 Å². The van der Waals surface area contributed by atoms with Crippen molar-refractivity contribution in [2.75, 3.05) is 10.6 Å². The SMILES string of the molecule is Cc1ccc(OCc2nnc(NC(=O)Nc3ccccc3C)s2)cc1C. The third kappa shape index (κ3) is 4.58. The van der Waals surface area contributed by atoms with E-state index in [0.29, 0.717) is 16.7 Å². The Morgan fingerprint density at radius 1 is 1.00 bits per heavy atom. The number of amides is 2. The van der Waals surface area contributed by atoms with E-state index < -0.39 is 0 Å². The van der Waals surface area contributed by atoms with Gasteiger partial charge in [-0.15, -0.1) is 10.2 Å². The predicted molar refractivity (Wildman–Crippen MR) is 104 cm³/mol. The highest BCUT2D eigenvalue weighted by molar-refractivity contribution is 7.15. The van der Waals surface area contributed by atoms with Gasteiger partial charge in [0.15, 0.2) is 5.01 Å². The van der Waals surface area contributed by atoms with Crippen LogP contribution in [-0.4, -0.2) is 16.2 Å². The van der Waals surface area contributed by atoms with E-state index in [0.717, 1.165) is 17.0 Å². The fourth-order valence-electron chi connectivity index (χ4n) is 2.28. The molecular weight excluding hydrogens is 348 g/mol. The summed E-state index contributed by atoms with van der Waals surface area (Å²) in [4.78, 5) is 12.1. The summed E-state index contributed by atoms with van der Waals surface area (Å²) in [5.74, 6) is 0.787. The van der Waals surface area contributed by atoms with Crippen molar-refractivity contribution < 1.29 is 9.53 Å². The van der Waals surface area contributed by atoms with Crippen LogP contribution in [-0.2, 0) is 6.61 Å². The second-order valence-corrected chi connectivity index (χ2v) is 6.99. The second kappa shape index (κ2) is 7.97. The molecule has 6 nitrogen and oxygen atoms in total. The van der Waals surface area contributed by atoms with Gasteiger partial charge in [0.2, 0.25) is 5.13 Å². The van der Waals surface area contributed by atoms with E-state index in [1.54, 1.807) is 0 Å². The average molecular weight is 368 g/mol. The Hall–Kier alpha value is -2.93. The number of hydrogen-bond donors (Lipinski definition) is 2. The molecule has 1 heterocycles. The number of nitrogens with zero attached hydrogens (tertiary/aromatic N) is 2.